The van der Waals surface area contributed by atoms with Gasteiger partial charge in [0.15, 0.2) is 11.3 Å². The first-order valence-corrected chi connectivity index (χ1v) is 8.11. The van der Waals surface area contributed by atoms with Crippen LogP contribution in [0.3, 0.4) is 0 Å². The van der Waals surface area contributed by atoms with Gasteiger partial charge in [0.2, 0.25) is 0 Å². The maximum atomic E-state index is 12.1. The molecule has 7 nitrogen and oxygen atoms in total. The van der Waals surface area contributed by atoms with Gasteiger partial charge in [-0.2, -0.15) is 5.10 Å². The van der Waals surface area contributed by atoms with Gasteiger partial charge in [-0.1, -0.05) is 0 Å². The van der Waals surface area contributed by atoms with Gasteiger partial charge in [0.05, 0.1) is 17.7 Å². The number of halogens is 1. The van der Waals surface area contributed by atoms with Crippen molar-refractivity contribution in [3.8, 4) is 0 Å². The zero-order valence-electron chi connectivity index (χ0n) is 12.2. The molecule has 0 atom stereocenters. The quantitative estimate of drug-likeness (QED) is 0.796. The monoisotopic (exact) mass is 367 g/mol. The second-order valence-electron chi connectivity index (χ2n) is 5.17. The lowest BCUT2D eigenvalue weighted by atomic mass is 10.3. The van der Waals surface area contributed by atoms with Crippen molar-refractivity contribution in [2.45, 2.75) is 6.42 Å². The van der Waals surface area contributed by atoms with Crippen molar-refractivity contribution in [2.75, 3.05) is 39.4 Å². The number of hydrogen-bond donors (Lipinski definition) is 1. The second-order valence-corrected chi connectivity index (χ2v) is 6.08. The van der Waals surface area contributed by atoms with E-state index in [1.54, 1.807) is 23.0 Å². The topological polar surface area (TPSA) is 71.8 Å². The van der Waals surface area contributed by atoms with E-state index in [1.165, 1.54) is 0 Å². The van der Waals surface area contributed by atoms with E-state index in [1.807, 2.05) is 0 Å². The third kappa shape index (κ3) is 3.82. The molecule has 1 saturated heterocycles. The number of morpholine rings is 1. The van der Waals surface area contributed by atoms with Crippen LogP contribution in [0, 0.1) is 0 Å². The van der Waals surface area contributed by atoms with Gasteiger partial charge in [-0.25, -0.2) is 9.50 Å². The number of nitrogens with zero attached hydrogens (tertiary/aromatic N) is 4. The molecule has 1 aliphatic rings. The summed E-state index contributed by atoms with van der Waals surface area (Å²) in [6, 6.07) is 1.68. The molecule has 22 heavy (non-hydrogen) atoms. The molecule has 118 valence electrons. The van der Waals surface area contributed by atoms with Crippen molar-refractivity contribution in [1.82, 2.24) is 24.8 Å². The van der Waals surface area contributed by atoms with Crippen LogP contribution in [0.5, 0.6) is 0 Å². The summed E-state index contributed by atoms with van der Waals surface area (Å²) >= 11 is 3.33. The van der Waals surface area contributed by atoms with Crippen molar-refractivity contribution in [1.29, 1.82) is 0 Å². The Labute approximate surface area is 136 Å². The fourth-order valence-electron chi connectivity index (χ4n) is 2.38. The fourth-order valence-corrected chi connectivity index (χ4v) is 2.68. The third-order valence-corrected chi connectivity index (χ3v) is 3.96. The number of nitrogens with one attached hydrogen (secondary N) is 1. The average molecular weight is 368 g/mol. The van der Waals surface area contributed by atoms with E-state index in [9.17, 15) is 4.79 Å². The summed E-state index contributed by atoms with van der Waals surface area (Å²) in [4.78, 5) is 18.6. The highest BCUT2D eigenvalue weighted by molar-refractivity contribution is 9.10. The highest BCUT2D eigenvalue weighted by atomic mass is 79.9. The number of amides is 1. The Morgan fingerprint density at radius 1 is 1.41 bits per heavy atom. The number of carbonyl (C=O) groups is 1. The summed E-state index contributed by atoms with van der Waals surface area (Å²) in [6.07, 6.45) is 4.38. The summed E-state index contributed by atoms with van der Waals surface area (Å²) in [5, 5.41) is 7.13. The molecule has 0 radical (unpaired) electrons. The third-order valence-electron chi connectivity index (χ3n) is 3.55. The van der Waals surface area contributed by atoms with Crippen LogP contribution < -0.4 is 5.32 Å². The minimum absolute atomic E-state index is 0.163. The number of fused-ring (bicyclic) bond motifs is 1. The van der Waals surface area contributed by atoms with E-state index >= 15 is 0 Å². The van der Waals surface area contributed by atoms with E-state index in [0.29, 0.717) is 17.9 Å². The molecule has 0 saturated carbocycles. The molecule has 1 aliphatic heterocycles. The van der Waals surface area contributed by atoms with Crippen LogP contribution in [0.4, 0.5) is 0 Å². The van der Waals surface area contributed by atoms with E-state index in [-0.39, 0.29) is 5.91 Å². The fraction of sp³-hybridized carbons (Fsp3) is 0.500. The van der Waals surface area contributed by atoms with Crippen LogP contribution in [0.25, 0.3) is 5.65 Å². The summed E-state index contributed by atoms with van der Waals surface area (Å²) in [5.41, 5.74) is 1.04. The molecular weight excluding hydrogens is 350 g/mol. The van der Waals surface area contributed by atoms with Gasteiger partial charge in [0, 0.05) is 38.1 Å². The van der Waals surface area contributed by atoms with Crippen molar-refractivity contribution in [3.05, 3.63) is 28.6 Å². The van der Waals surface area contributed by atoms with Crippen LogP contribution in [-0.2, 0) is 4.74 Å². The van der Waals surface area contributed by atoms with Gasteiger partial charge in [0.25, 0.3) is 5.91 Å². The van der Waals surface area contributed by atoms with Gasteiger partial charge in [0.1, 0.15) is 0 Å². The smallest absolute Gasteiger partial charge is 0.271 e. The normalized spacial score (nSPS) is 16.0. The Hall–Kier alpha value is -1.51. The first kappa shape index (κ1) is 15.4. The molecule has 3 rings (SSSR count). The lowest BCUT2D eigenvalue weighted by Gasteiger charge is -2.26. The molecule has 1 amide bonds. The first-order chi connectivity index (χ1) is 10.7. The Kier molecular flexibility index (Phi) is 5.01. The number of ether oxygens (including phenoxy) is 1. The van der Waals surface area contributed by atoms with Crippen molar-refractivity contribution in [3.63, 3.8) is 0 Å². The average Bonchev–Trinajstić information content (AvgIpc) is 2.95. The molecule has 0 unspecified atom stereocenters. The number of hydrogen-bond acceptors (Lipinski definition) is 5. The molecule has 3 heterocycles. The highest BCUT2D eigenvalue weighted by Crippen LogP contribution is 2.10. The van der Waals surface area contributed by atoms with Crippen LogP contribution in [0.15, 0.2) is 22.9 Å². The zero-order chi connectivity index (χ0) is 15.4. The van der Waals surface area contributed by atoms with Crippen LogP contribution in [0.1, 0.15) is 16.9 Å². The van der Waals surface area contributed by atoms with Gasteiger partial charge < -0.3 is 10.1 Å². The summed E-state index contributed by atoms with van der Waals surface area (Å²) in [5.74, 6) is -0.163. The molecule has 0 bridgehead atoms. The highest BCUT2D eigenvalue weighted by Gasteiger charge is 2.12. The van der Waals surface area contributed by atoms with Crippen LogP contribution in [-0.4, -0.2) is 64.8 Å². The molecule has 2 aromatic heterocycles. The molecule has 2 aromatic rings. The van der Waals surface area contributed by atoms with E-state index < -0.39 is 0 Å². The summed E-state index contributed by atoms with van der Waals surface area (Å²) in [6.45, 7) is 5.17. The lowest BCUT2D eigenvalue weighted by molar-refractivity contribution is 0.0374. The standard InChI is InChI=1S/C14H18BrN5O2/c15-11-9-17-13-8-12(18-20(13)10-11)14(21)16-2-1-3-19-4-6-22-7-5-19/h8-10H,1-7H2,(H,16,21). The predicted molar refractivity (Wildman–Crippen MR) is 84.9 cm³/mol. The summed E-state index contributed by atoms with van der Waals surface area (Å²) in [7, 11) is 0. The number of rotatable bonds is 5. The molecule has 0 spiro atoms. The lowest BCUT2D eigenvalue weighted by Crippen LogP contribution is -2.38. The van der Waals surface area contributed by atoms with Crippen molar-refractivity contribution < 1.29 is 9.53 Å². The first-order valence-electron chi connectivity index (χ1n) is 7.31. The summed E-state index contributed by atoms with van der Waals surface area (Å²) < 4.78 is 7.72. The molecular formula is C14H18BrN5O2. The minimum Gasteiger partial charge on any atom is -0.379 e. The van der Waals surface area contributed by atoms with Gasteiger partial charge in [-0.15, -0.1) is 0 Å². The van der Waals surface area contributed by atoms with E-state index in [0.717, 1.165) is 43.7 Å². The molecule has 1 fully saturated rings. The molecule has 0 aromatic carbocycles. The van der Waals surface area contributed by atoms with Crippen LogP contribution in [0.2, 0.25) is 0 Å². The van der Waals surface area contributed by atoms with Crippen molar-refractivity contribution in [2.24, 2.45) is 0 Å². The maximum Gasteiger partial charge on any atom is 0.271 e. The largest absolute Gasteiger partial charge is 0.379 e. The minimum atomic E-state index is -0.163. The zero-order valence-corrected chi connectivity index (χ0v) is 13.8. The van der Waals surface area contributed by atoms with Gasteiger partial charge in [-0.05, 0) is 28.9 Å². The number of carbonyl (C=O) groups excluding carboxylic acids is 1. The molecule has 1 N–H and O–H groups in total. The molecule has 0 aliphatic carbocycles. The Morgan fingerprint density at radius 2 is 2.23 bits per heavy atom. The maximum absolute atomic E-state index is 12.1. The Balaban J connectivity index is 1.48. The van der Waals surface area contributed by atoms with Gasteiger partial charge >= 0.3 is 0 Å². The van der Waals surface area contributed by atoms with E-state index in [2.05, 4.69) is 36.2 Å². The van der Waals surface area contributed by atoms with Crippen molar-refractivity contribution >= 4 is 27.5 Å². The SMILES string of the molecule is O=C(NCCCN1CCOCC1)c1cc2ncc(Br)cn2n1. The number of aromatic nitrogens is 3. The predicted octanol–water partition coefficient (Wildman–Crippen LogP) is 0.944. The Bertz CT molecular complexity index is 654. The van der Waals surface area contributed by atoms with E-state index in [4.69, 9.17) is 4.74 Å². The second kappa shape index (κ2) is 7.17. The molecule has 8 heteroatoms. The van der Waals surface area contributed by atoms with Gasteiger partial charge in [-0.3, -0.25) is 9.69 Å². The Morgan fingerprint density at radius 3 is 3.05 bits per heavy atom. The van der Waals surface area contributed by atoms with Crippen LogP contribution >= 0.6 is 15.9 Å².